The van der Waals surface area contributed by atoms with E-state index in [4.69, 9.17) is 9.26 Å². The Morgan fingerprint density at radius 1 is 1.04 bits per heavy atom. The van der Waals surface area contributed by atoms with E-state index in [0.29, 0.717) is 23.6 Å². The highest BCUT2D eigenvalue weighted by molar-refractivity contribution is 5.99. The molecular weight excluding hydrogens is 290 g/mol. The Morgan fingerprint density at radius 2 is 1.70 bits per heavy atom. The third kappa shape index (κ3) is 2.88. The fraction of sp³-hybridized carbons (Fsp3) is 0.158. The van der Waals surface area contributed by atoms with Gasteiger partial charge in [-0.1, -0.05) is 59.8 Å². The third-order valence-electron chi connectivity index (χ3n) is 3.61. The summed E-state index contributed by atoms with van der Waals surface area (Å²) >= 11 is 0. The van der Waals surface area contributed by atoms with E-state index in [-0.39, 0.29) is 0 Å². The van der Waals surface area contributed by atoms with Gasteiger partial charge >= 0.3 is 5.97 Å². The number of carbonyl (C=O) groups excluding carboxylic acids is 1. The van der Waals surface area contributed by atoms with Crippen LogP contribution in [0, 0.1) is 6.92 Å². The summed E-state index contributed by atoms with van der Waals surface area (Å²) < 4.78 is 10.4. The van der Waals surface area contributed by atoms with Crippen molar-refractivity contribution in [2.24, 2.45) is 0 Å². The van der Waals surface area contributed by atoms with Crippen LogP contribution in [0.2, 0.25) is 0 Å². The molecule has 4 heteroatoms. The number of ether oxygens (including phenoxy) is 1. The summed E-state index contributed by atoms with van der Waals surface area (Å²) in [4.78, 5) is 12.2. The molecule has 0 unspecified atom stereocenters. The van der Waals surface area contributed by atoms with E-state index >= 15 is 0 Å². The van der Waals surface area contributed by atoms with Gasteiger partial charge in [0, 0.05) is 5.56 Å². The summed E-state index contributed by atoms with van der Waals surface area (Å²) in [7, 11) is 0. The molecule has 0 saturated carbocycles. The first kappa shape index (κ1) is 15.0. The molecule has 0 N–H and O–H groups in total. The van der Waals surface area contributed by atoms with Gasteiger partial charge in [-0.2, -0.15) is 0 Å². The van der Waals surface area contributed by atoms with Gasteiger partial charge in [-0.25, -0.2) is 4.79 Å². The lowest BCUT2D eigenvalue weighted by Crippen LogP contribution is -2.06. The zero-order valence-corrected chi connectivity index (χ0v) is 13.1. The summed E-state index contributed by atoms with van der Waals surface area (Å²) in [6, 6.07) is 17.8. The topological polar surface area (TPSA) is 52.3 Å². The number of hydrogen-bond acceptors (Lipinski definition) is 4. The maximum absolute atomic E-state index is 12.2. The number of aromatic nitrogens is 1. The first-order chi connectivity index (χ1) is 11.2. The molecule has 0 saturated heterocycles. The van der Waals surface area contributed by atoms with Crippen molar-refractivity contribution in [2.45, 2.75) is 13.8 Å². The van der Waals surface area contributed by atoms with Gasteiger partial charge in [0.2, 0.25) is 0 Å². The monoisotopic (exact) mass is 307 g/mol. The molecule has 2 aromatic carbocycles. The molecule has 0 aliphatic carbocycles. The largest absolute Gasteiger partial charge is 0.462 e. The van der Waals surface area contributed by atoms with Crippen molar-refractivity contribution in [3.8, 4) is 22.4 Å². The summed E-state index contributed by atoms with van der Waals surface area (Å²) in [6.45, 7) is 3.80. The van der Waals surface area contributed by atoms with Gasteiger partial charge in [0.1, 0.15) is 17.0 Å². The fourth-order valence-corrected chi connectivity index (χ4v) is 2.56. The minimum atomic E-state index is -0.413. The maximum Gasteiger partial charge on any atom is 0.344 e. The zero-order chi connectivity index (χ0) is 16.2. The lowest BCUT2D eigenvalue weighted by atomic mass is 9.95. The lowest BCUT2D eigenvalue weighted by molar-refractivity contribution is 0.0525. The number of rotatable bonds is 4. The molecule has 0 amide bonds. The second-order valence-corrected chi connectivity index (χ2v) is 5.09. The second kappa shape index (κ2) is 6.48. The van der Waals surface area contributed by atoms with Gasteiger partial charge in [0.15, 0.2) is 0 Å². The molecule has 0 bridgehead atoms. The molecule has 1 aromatic heterocycles. The first-order valence-corrected chi connectivity index (χ1v) is 7.50. The van der Waals surface area contributed by atoms with Crippen LogP contribution < -0.4 is 0 Å². The number of benzene rings is 2. The molecule has 0 aliphatic heterocycles. The Labute approximate surface area is 134 Å². The molecule has 0 spiro atoms. The maximum atomic E-state index is 12.2. The minimum Gasteiger partial charge on any atom is -0.462 e. The van der Waals surface area contributed by atoms with Crippen molar-refractivity contribution >= 4 is 5.97 Å². The molecular formula is C19H17NO3. The molecule has 0 aliphatic rings. The normalized spacial score (nSPS) is 10.5. The van der Waals surface area contributed by atoms with Gasteiger partial charge in [-0.05, 0) is 25.0 Å². The standard InChI is InChI=1S/C19H17NO3/c1-3-22-19(21)17-13(2)23-20-18(17)16-12-8-7-11-15(16)14-9-5-4-6-10-14/h4-12H,3H2,1-2H3. The number of hydrogen-bond donors (Lipinski definition) is 0. The van der Waals surface area contributed by atoms with Gasteiger partial charge in [-0.3, -0.25) is 0 Å². The molecule has 4 nitrogen and oxygen atoms in total. The molecule has 0 atom stereocenters. The number of nitrogens with zero attached hydrogens (tertiary/aromatic N) is 1. The average Bonchev–Trinajstić information content (AvgIpc) is 2.97. The molecule has 116 valence electrons. The van der Waals surface area contributed by atoms with E-state index in [1.54, 1.807) is 13.8 Å². The predicted molar refractivity (Wildman–Crippen MR) is 88.1 cm³/mol. The molecule has 3 aromatic rings. The quantitative estimate of drug-likeness (QED) is 0.666. The Bertz CT molecular complexity index is 822. The van der Waals surface area contributed by atoms with Crippen LogP contribution in [-0.2, 0) is 4.74 Å². The zero-order valence-electron chi connectivity index (χ0n) is 13.1. The molecule has 0 fully saturated rings. The summed E-state index contributed by atoms with van der Waals surface area (Å²) in [5.74, 6) is 0.0467. The van der Waals surface area contributed by atoms with Gasteiger partial charge in [0.05, 0.1) is 6.61 Å². The van der Waals surface area contributed by atoms with E-state index in [1.165, 1.54) is 0 Å². The van der Waals surface area contributed by atoms with Crippen LogP contribution in [0.4, 0.5) is 0 Å². The van der Waals surface area contributed by atoms with Crippen LogP contribution in [0.1, 0.15) is 23.0 Å². The van der Waals surface area contributed by atoms with Crippen LogP contribution >= 0.6 is 0 Å². The predicted octanol–water partition coefficient (Wildman–Crippen LogP) is 4.49. The summed E-state index contributed by atoms with van der Waals surface area (Å²) in [5.41, 5.74) is 3.79. The van der Waals surface area contributed by atoms with Crippen LogP contribution in [0.15, 0.2) is 59.1 Å². The molecule has 23 heavy (non-hydrogen) atoms. The van der Waals surface area contributed by atoms with Gasteiger partial charge < -0.3 is 9.26 Å². The van der Waals surface area contributed by atoms with Crippen molar-refractivity contribution in [1.82, 2.24) is 5.16 Å². The van der Waals surface area contributed by atoms with Gasteiger partial charge in [-0.15, -0.1) is 0 Å². The number of carbonyl (C=O) groups is 1. The van der Waals surface area contributed by atoms with Crippen molar-refractivity contribution in [3.05, 3.63) is 65.9 Å². The van der Waals surface area contributed by atoms with E-state index in [9.17, 15) is 4.79 Å². The average molecular weight is 307 g/mol. The van der Waals surface area contributed by atoms with Crippen LogP contribution in [0.5, 0.6) is 0 Å². The first-order valence-electron chi connectivity index (χ1n) is 7.50. The highest BCUT2D eigenvalue weighted by atomic mass is 16.5. The fourth-order valence-electron chi connectivity index (χ4n) is 2.56. The van der Waals surface area contributed by atoms with Crippen molar-refractivity contribution in [2.75, 3.05) is 6.61 Å². The highest BCUT2D eigenvalue weighted by Gasteiger charge is 2.24. The SMILES string of the molecule is CCOC(=O)c1c(-c2ccccc2-c2ccccc2)noc1C. The Kier molecular flexibility index (Phi) is 4.24. The Morgan fingerprint density at radius 3 is 2.39 bits per heavy atom. The highest BCUT2D eigenvalue weighted by Crippen LogP contribution is 2.34. The van der Waals surface area contributed by atoms with Crippen molar-refractivity contribution in [3.63, 3.8) is 0 Å². The van der Waals surface area contributed by atoms with Crippen LogP contribution in [-0.4, -0.2) is 17.7 Å². The van der Waals surface area contributed by atoms with E-state index < -0.39 is 5.97 Å². The third-order valence-corrected chi connectivity index (χ3v) is 3.61. The van der Waals surface area contributed by atoms with Crippen LogP contribution in [0.3, 0.4) is 0 Å². The lowest BCUT2D eigenvalue weighted by Gasteiger charge is -2.09. The Hall–Kier alpha value is -2.88. The van der Waals surface area contributed by atoms with Crippen molar-refractivity contribution in [1.29, 1.82) is 0 Å². The second-order valence-electron chi connectivity index (χ2n) is 5.09. The van der Waals surface area contributed by atoms with Gasteiger partial charge in [0.25, 0.3) is 0 Å². The Balaban J connectivity index is 2.16. The van der Waals surface area contributed by atoms with E-state index in [0.717, 1.165) is 16.7 Å². The van der Waals surface area contributed by atoms with Crippen molar-refractivity contribution < 1.29 is 14.1 Å². The summed E-state index contributed by atoms with van der Waals surface area (Å²) in [5, 5.41) is 4.10. The van der Waals surface area contributed by atoms with Crippen LogP contribution in [0.25, 0.3) is 22.4 Å². The van der Waals surface area contributed by atoms with E-state index in [1.807, 2.05) is 54.6 Å². The molecule has 1 heterocycles. The molecule has 0 radical (unpaired) electrons. The molecule has 3 rings (SSSR count). The smallest absolute Gasteiger partial charge is 0.344 e. The number of aryl methyl sites for hydroxylation is 1. The number of esters is 1. The minimum absolute atomic E-state index is 0.309. The summed E-state index contributed by atoms with van der Waals surface area (Å²) in [6.07, 6.45) is 0. The van der Waals surface area contributed by atoms with E-state index in [2.05, 4.69) is 5.16 Å².